The van der Waals surface area contributed by atoms with Crippen molar-refractivity contribution in [2.45, 2.75) is 13.5 Å². The lowest BCUT2D eigenvalue weighted by Gasteiger charge is -2.08. The van der Waals surface area contributed by atoms with Crippen LogP contribution in [0.3, 0.4) is 0 Å². The molecule has 1 heterocycles. The van der Waals surface area contributed by atoms with Crippen LogP contribution in [0.15, 0.2) is 71.9 Å². The quantitative estimate of drug-likeness (QED) is 0.714. The van der Waals surface area contributed by atoms with Crippen LogP contribution in [0.25, 0.3) is 0 Å². The molecule has 3 rings (SSSR count). The number of hydrogen-bond donors (Lipinski definition) is 0. The Morgan fingerprint density at radius 2 is 1.80 bits per heavy atom. The van der Waals surface area contributed by atoms with Crippen molar-refractivity contribution in [3.8, 4) is 0 Å². The number of hydrogen-bond acceptors (Lipinski definition) is 1. The van der Waals surface area contributed by atoms with E-state index in [9.17, 15) is 13.6 Å². The first-order valence-corrected chi connectivity index (χ1v) is 7.78. The van der Waals surface area contributed by atoms with Crippen molar-refractivity contribution in [1.82, 2.24) is 4.57 Å². The predicted octanol–water partition coefficient (Wildman–Crippen LogP) is 3.86. The Labute approximate surface area is 143 Å². The predicted molar refractivity (Wildman–Crippen MR) is 91.0 cm³/mol. The molecule has 0 saturated heterocycles. The SMILES string of the molecule is Cc1ccc(Cn2ccccc2=NC(=O)c2ccc(F)cc2F)cc1. The molecule has 0 saturated carbocycles. The van der Waals surface area contributed by atoms with Gasteiger partial charge in [-0.15, -0.1) is 0 Å². The normalized spacial score (nSPS) is 11.6. The average molecular weight is 338 g/mol. The molecule has 0 radical (unpaired) electrons. The number of benzene rings is 2. The smallest absolute Gasteiger partial charge is 0.281 e. The van der Waals surface area contributed by atoms with Crippen LogP contribution in [0.2, 0.25) is 0 Å². The number of pyridine rings is 1. The van der Waals surface area contributed by atoms with Gasteiger partial charge in [0.25, 0.3) is 5.91 Å². The standard InChI is InChI=1S/C20H16F2N2O/c1-14-5-7-15(8-6-14)13-24-11-3-2-4-19(24)23-20(25)17-10-9-16(21)12-18(17)22/h2-12H,13H2,1H3. The van der Waals surface area contributed by atoms with Crippen molar-refractivity contribution in [3.05, 3.63) is 101 Å². The number of rotatable bonds is 3. The Bertz CT molecular complexity index is 975. The first kappa shape index (κ1) is 16.8. The fraction of sp³-hybridized carbons (Fsp3) is 0.100. The van der Waals surface area contributed by atoms with Gasteiger partial charge in [-0.05, 0) is 36.8 Å². The molecule has 25 heavy (non-hydrogen) atoms. The Morgan fingerprint density at radius 3 is 2.52 bits per heavy atom. The molecule has 0 aliphatic rings. The summed E-state index contributed by atoms with van der Waals surface area (Å²) in [6, 6.07) is 16.1. The molecular weight excluding hydrogens is 322 g/mol. The number of nitrogens with zero attached hydrogens (tertiary/aromatic N) is 2. The third kappa shape index (κ3) is 4.07. The van der Waals surface area contributed by atoms with Crippen molar-refractivity contribution in [2.75, 3.05) is 0 Å². The van der Waals surface area contributed by atoms with Gasteiger partial charge in [-0.25, -0.2) is 8.78 Å². The fourth-order valence-electron chi connectivity index (χ4n) is 2.42. The molecule has 0 spiro atoms. The van der Waals surface area contributed by atoms with Gasteiger partial charge in [0.15, 0.2) is 0 Å². The van der Waals surface area contributed by atoms with Gasteiger partial charge in [0.1, 0.15) is 17.1 Å². The van der Waals surface area contributed by atoms with Gasteiger partial charge in [0.05, 0.1) is 5.56 Å². The molecular formula is C20H16F2N2O. The van der Waals surface area contributed by atoms with Gasteiger partial charge in [-0.3, -0.25) is 4.79 Å². The second-order valence-electron chi connectivity index (χ2n) is 5.71. The summed E-state index contributed by atoms with van der Waals surface area (Å²) in [6.45, 7) is 2.54. The zero-order valence-electron chi connectivity index (χ0n) is 13.6. The third-order valence-corrected chi connectivity index (χ3v) is 3.77. The molecule has 0 aliphatic carbocycles. The molecule has 2 aromatic carbocycles. The largest absolute Gasteiger partial charge is 0.328 e. The highest BCUT2D eigenvalue weighted by molar-refractivity contribution is 5.95. The van der Waals surface area contributed by atoms with Crippen LogP contribution in [0.1, 0.15) is 21.5 Å². The van der Waals surface area contributed by atoms with Crippen LogP contribution in [0, 0.1) is 18.6 Å². The van der Waals surface area contributed by atoms with E-state index in [1.165, 1.54) is 0 Å². The van der Waals surface area contributed by atoms with E-state index in [-0.39, 0.29) is 5.56 Å². The highest BCUT2D eigenvalue weighted by Gasteiger charge is 2.11. The number of carbonyl (C=O) groups is 1. The maximum atomic E-state index is 13.8. The van der Waals surface area contributed by atoms with Gasteiger partial charge >= 0.3 is 0 Å². The molecule has 1 aromatic heterocycles. The van der Waals surface area contributed by atoms with Crippen molar-refractivity contribution >= 4 is 5.91 Å². The van der Waals surface area contributed by atoms with E-state index < -0.39 is 17.5 Å². The molecule has 126 valence electrons. The lowest BCUT2D eigenvalue weighted by atomic mass is 10.1. The van der Waals surface area contributed by atoms with Crippen molar-refractivity contribution in [3.63, 3.8) is 0 Å². The van der Waals surface area contributed by atoms with E-state index >= 15 is 0 Å². The number of carbonyl (C=O) groups excluding carboxylic acids is 1. The average Bonchev–Trinajstić information content (AvgIpc) is 2.58. The zero-order chi connectivity index (χ0) is 17.8. The van der Waals surface area contributed by atoms with Crippen LogP contribution in [-0.4, -0.2) is 10.5 Å². The minimum atomic E-state index is -0.922. The maximum absolute atomic E-state index is 13.8. The van der Waals surface area contributed by atoms with E-state index in [4.69, 9.17) is 0 Å². The Hall–Kier alpha value is -3.08. The molecule has 0 fully saturated rings. The van der Waals surface area contributed by atoms with Crippen LogP contribution >= 0.6 is 0 Å². The second kappa shape index (κ2) is 7.21. The summed E-state index contributed by atoms with van der Waals surface area (Å²) in [5.41, 5.74) is 2.36. The second-order valence-corrected chi connectivity index (χ2v) is 5.71. The third-order valence-electron chi connectivity index (χ3n) is 3.77. The van der Waals surface area contributed by atoms with Crippen molar-refractivity contribution in [2.24, 2.45) is 4.99 Å². The molecule has 0 aliphatic heterocycles. The molecule has 3 aromatic rings. The van der Waals surface area contributed by atoms with Gasteiger partial charge in [0.2, 0.25) is 0 Å². The molecule has 0 bridgehead atoms. The zero-order valence-corrected chi connectivity index (χ0v) is 13.6. The van der Waals surface area contributed by atoms with E-state index in [2.05, 4.69) is 4.99 Å². The van der Waals surface area contributed by atoms with Gasteiger partial charge < -0.3 is 4.57 Å². The van der Waals surface area contributed by atoms with Crippen LogP contribution < -0.4 is 5.49 Å². The number of aryl methyl sites for hydroxylation is 1. The van der Waals surface area contributed by atoms with Crippen molar-refractivity contribution in [1.29, 1.82) is 0 Å². The topological polar surface area (TPSA) is 34.4 Å². The first-order chi connectivity index (χ1) is 12.0. The monoisotopic (exact) mass is 338 g/mol. The Kier molecular flexibility index (Phi) is 4.84. The van der Waals surface area contributed by atoms with E-state index in [1.54, 1.807) is 22.9 Å². The molecule has 5 heteroatoms. The van der Waals surface area contributed by atoms with E-state index in [0.717, 1.165) is 23.3 Å². The summed E-state index contributed by atoms with van der Waals surface area (Å²) < 4.78 is 28.5. The van der Waals surface area contributed by atoms with Gasteiger partial charge in [0, 0.05) is 18.8 Å². The van der Waals surface area contributed by atoms with Crippen LogP contribution in [0.4, 0.5) is 8.78 Å². The van der Waals surface area contributed by atoms with Gasteiger partial charge in [-0.2, -0.15) is 4.99 Å². The Morgan fingerprint density at radius 1 is 1.04 bits per heavy atom. The molecule has 3 nitrogen and oxygen atoms in total. The summed E-state index contributed by atoms with van der Waals surface area (Å²) in [5.74, 6) is -2.40. The summed E-state index contributed by atoms with van der Waals surface area (Å²) >= 11 is 0. The lowest BCUT2D eigenvalue weighted by molar-refractivity contribution is 0.0993. The minimum absolute atomic E-state index is 0.257. The molecule has 0 N–H and O–H groups in total. The van der Waals surface area contributed by atoms with E-state index in [0.29, 0.717) is 18.1 Å². The Balaban J connectivity index is 1.95. The lowest BCUT2D eigenvalue weighted by Crippen LogP contribution is -2.22. The summed E-state index contributed by atoms with van der Waals surface area (Å²) in [5, 5.41) is 0. The van der Waals surface area contributed by atoms with Crippen LogP contribution in [-0.2, 0) is 6.54 Å². The number of aromatic nitrogens is 1. The number of halogens is 2. The summed E-state index contributed by atoms with van der Waals surface area (Å²) in [7, 11) is 0. The molecule has 0 unspecified atom stereocenters. The summed E-state index contributed by atoms with van der Waals surface area (Å²) in [6.07, 6.45) is 1.80. The highest BCUT2D eigenvalue weighted by Crippen LogP contribution is 2.10. The van der Waals surface area contributed by atoms with Crippen molar-refractivity contribution < 1.29 is 13.6 Å². The minimum Gasteiger partial charge on any atom is -0.328 e. The highest BCUT2D eigenvalue weighted by atomic mass is 19.1. The maximum Gasteiger partial charge on any atom is 0.281 e. The van der Waals surface area contributed by atoms with Gasteiger partial charge in [-0.1, -0.05) is 35.9 Å². The molecule has 1 amide bonds. The number of amides is 1. The van der Waals surface area contributed by atoms with Crippen LogP contribution in [0.5, 0.6) is 0 Å². The summed E-state index contributed by atoms with van der Waals surface area (Å²) in [4.78, 5) is 16.2. The molecule has 0 atom stereocenters. The van der Waals surface area contributed by atoms with E-state index in [1.807, 2.05) is 37.3 Å². The first-order valence-electron chi connectivity index (χ1n) is 7.78. The fourth-order valence-corrected chi connectivity index (χ4v) is 2.42.